The van der Waals surface area contributed by atoms with Crippen LogP contribution in [0.1, 0.15) is 20.8 Å². The van der Waals surface area contributed by atoms with Crippen LogP contribution in [0, 0.1) is 11.3 Å². The first-order valence-electron chi connectivity index (χ1n) is 3.83. The van der Waals surface area contributed by atoms with E-state index in [0.717, 1.165) is 0 Å². The number of alkyl halides is 2. The van der Waals surface area contributed by atoms with Gasteiger partial charge in [-0.05, 0) is 0 Å². The third-order valence-corrected chi connectivity index (χ3v) is 3.51. The van der Waals surface area contributed by atoms with Crippen LogP contribution in [0.2, 0.25) is 0 Å². The molecule has 1 saturated carbocycles. The zero-order valence-corrected chi connectivity index (χ0v) is 8.11. The van der Waals surface area contributed by atoms with Crippen LogP contribution in [0.15, 0.2) is 0 Å². The molecule has 0 bridgehead atoms. The van der Waals surface area contributed by atoms with Gasteiger partial charge in [0.05, 0.1) is 5.41 Å². The van der Waals surface area contributed by atoms with E-state index in [9.17, 15) is 9.18 Å². The summed E-state index contributed by atoms with van der Waals surface area (Å²) in [5.41, 5.74) is -0.708. The Bertz CT molecular complexity index is 217. The first-order valence-corrected chi connectivity index (χ1v) is 4.21. The summed E-state index contributed by atoms with van der Waals surface area (Å²) in [6, 6.07) is 0. The number of rotatable bonds is 2. The minimum absolute atomic E-state index is 0.0590. The molecule has 1 aliphatic carbocycles. The summed E-state index contributed by atoms with van der Waals surface area (Å²) in [5.74, 6) is -0.659. The number of halogens is 2. The molecular weight excluding hydrogens is 183 g/mol. The van der Waals surface area contributed by atoms with Crippen LogP contribution in [-0.4, -0.2) is 17.7 Å². The second-order valence-electron chi connectivity index (χ2n) is 3.54. The molecule has 0 aromatic carbocycles. The normalized spacial score (nSPS) is 45.6. The summed E-state index contributed by atoms with van der Waals surface area (Å²) in [5, 5.41) is -1.71. The number of esters is 1. The summed E-state index contributed by atoms with van der Waals surface area (Å²) in [4.78, 5) is 10.4. The average Bonchev–Trinajstić information content (AvgIpc) is 2.32. The van der Waals surface area contributed by atoms with Crippen LogP contribution in [-0.2, 0) is 9.53 Å². The van der Waals surface area contributed by atoms with Crippen LogP contribution in [0.4, 0.5) is 4.39 Å². The predicted molar refractivity (Wildman–Crippen MR) is 43.6 cm³/mol. The summed E-state index contributed by atoms with van der Waals surface area (Å²) < 4.78 is 18.0. The maximum absolute atomic E-state index is 13.3. The van der Waals surface area contributed by atoms with Gasteiger partial charge in [-0.3, -0.25) is 4.79 Å². The number of ether oxygens (including phenoxy) is 1. The Hall–Kier alpha value is -0.310. The molecule has 1 aliphatic rings. The Morgan fingerprint density at radius 2 is 2.17 bits per heavy atom. The Kier molecular flexibility index (Phi) is 2.11. The van der Waals surface area contributed by atoms with Crippen molar-refractivity contribution in [2.45, 2.75) is 25.9 Å². The minimum atomic E-state index is -1.71. The van der Waals surface area contributed by atoms with Gasteiger partial charge in [-0.15, -0.1) is 0 Å². The highest BCUT2D eigenvalue weighted by Gasteiger charge is 2.73. The summed E-state index contributed by atoms with van der Waals surface area (Å²) in [6.07, 6.45) is 0. The van der Waals surface area contributed by atoms with Crippen molar-refractivity contribution < 1.29 is 13.9 Å². The number of carbonyl (C=O) groups excluding carboxylic acids is 1. The molecule has 0 aromatic heterocycles. The Morgan fingerprint density at radius 1 is 1.75 bits per heavy atom. The molecule has 12 heavy (non-hydrogen) atoms. The predicted octanol–water partition coefficient (Wildman–Crippen LogP) is 2.11. The van der Waals surface area contributed by atoms with Gasteiger partial charge in [-0.2, -0.15) is 0 Å². The van der Waals surface area contributed by atoms with E-state index in [1.807, 2.05) is 0 Å². The van der Waals surface area contributed by atoms with E-state index in [1.54, 1.807) is 13.8 Å². The summed E-state index contributed by atoms with van der Waals surface area (Å²) in [6.45, 7) is 4.73. The van der Waals surface area contributed by atoms with Crippen LogP contribution < -0.4 is 0 Å². The SMILES string of the molecule is CC(=O)OC[C@@]1(C)[C@H](C)[C@]1(F)Cl. The van der Waals surface area contributed by atoms with Gasteiger partial charge in [-0.25, -0.2) is 4.39 Å². The van der Waals surface area contributed by atoms with E-state index < -0.39 is 16.5 Å². The van der Waals surface area contributed by atoms with Crippen LogP contribution >= 0.6 is 11.6 Å². The van der Waals surface area contributed by atoms with Gasteiger partial charge in [0.1, 0.15) is 6.61 Å². The molecule has 2 nitrogen and oxygen atoms in total. The number of carbonyl (C=O) groups is 1. The largest absolute Gasteiger partial charge is 0.465 e. The van der Waals surface area contributed by atoms with Gasteiger partial charge in [-0.1, -0.05) is 25.4 Å². The first kappa shape index (κ1) is 9.78. The molecule has 3 atom stereocenters. The molecule has 0 heterocycles. The number of hydrogen-bond acceptors (Lipinski definition) is 2. The van der Waals surface area contributed by atoms with E-state index in [4.69, 9.17) is 16.3 Å². The van der Waals surface area contributed by atoms with Crippen LogP contribution in [0.25, 0.3) is 0 Å². The molecule has 0 amide bonds. The Morgan fingerprint density at radius 3 is 2.42 bits per heavy atom. The fraction of sp³-hybridized carbons (Fsp3) is 0.875. The number of hydrogen-bond donors (Lipinski definition) is 0. The molecule has 70 valence electrons. The molecule has 0 radical (unpaired) electrons. The zero-order chi connectivity index (χ0) is 9.57. The fourth-order valence-corrected chi connectivity index (χ4v) is 1.68. The molecule has 0 saturated heterocycles. The molecule has 1 fully saturated rings. The highest BCUT2D eigenvalue weighted by Crippen LogP contribution is 2.67. The zero-order valence-electron chi connectivity index (χ0n) is 7.36. The highest BCUT2D eigenvalue weighted by molar-refractivity contribution is 6.26. The Labute approximate surface area is 76.0 Å². The van der Waals surface area contributed by atoms with Crippen molar-refractivity contribution in [2.24, 2.45) is 11.3 Å². The molecular formula is C8H12ClFO2. The van der Waals surface area contributed by atoms with Gasteiger partial charge in [0.25, 0.3) is 0 Å². The maximum atomic E-state index is 13.3. The van der Waals surface area contributed by atoms with Crippen molar-refractivity contribution in [3.05, 3.63) is 0 Å². The molecule has 0 N–H and O–H groups in total. The van der Waals surface area contributed by atoms with Crippen LogP contribution in [0.5, 0.6) is 0 Å². The quantitative estimate of drug-likeness (QED) is 0.497. The standard InChI is InChI=1S/C8H12ClFO2/c1-5-7(3,8(5,9)10)4-12-6(2)11/h5H,4H2,1-3H3/t5-,7-,8+/m0/s1. The highest BCUT2D eigenvalue weighted by atomic mass is 35.5. The fourth-order valence-electron chi connectivity index (χ4n) is 1.28. The summed E-state index contributed by atoms with van der Waals surface area (Å²) >= 11 is 5.52. The lowest BCUT2D eigenvalue weighted by Gasteiger charge is -2.09. The van der Waals surface area contributed by atoms with Crippen molar-refractivity contribution in [1.82, 2.24) is 0 Å². The van der Waals surface area contributed by atoms with Crippen molar-refractivity contribution >= 4 is 17.6 Å². The van der Waals surface area contributed by atoms with Crippen LogP contribution in [0.3, 0.4) is 0 Å². The topological polar surface area (TPSA) is 26.3 Å². The van der Waals surface area contributed by atoms with Crippen molar-refractivity contribution in [3.63, 3.8) is 0 Å². The molecule has 0 spiro atoms. The molecule has 4 heteroatoms. The average molecular weight is 195 g/mol. The van der Waals surface area contributed by atoms with Gasteiger partial charge in [0.15, 0.2) is 5.13 Å². The van der Waals surface area contributed by atoms with Crippen molar-refractivity contribution in [1.29, 1.82) is 0 Å². The Balaban J connectivity index is 2.49. The first-order chi connectivity index (χ1) is 5.32. The molecule has 1 rings (SSSR count). The lowest BCUT2D eigenvalue weighted by molar-refractivity contribution is -0.143. The molecule has 0 unspecified atom stereocenters. The monoisotopic (exact) mass is 194 g/mol. The van der Waals surface area contributed by atoms with E-state index in [0.29, 0.717) is 0 Å². The lowest BCUT2D eigenvalue weighted by Crippen LogP contribution is -2.16. The second kappa shape index (κ2) is 2.59. The molecule has 0 aromatic rings. The summed E-state index contributed by atoms with van der Waals surface area (Å²) in [7, 11) is 0. The van der Waals surface area contributed by atoms with Gasteiger partial charge < -0.3 is 4.74 Å². The van der Waals surface area contributed by atoms with E-state index in [2.05, 4.69) is 0 Å². The van der Waals surface area contributed by atoms with Gasteiger partial charge in [0.2, 0.25) is 0 Å². The minimum Gasteiger partial charge on any atom is -0.465 e. The second-order valence-corrected chi connectivity index (χ2v) is 4.09. The molecule has 0 aliphatic heterocycles. The smallest absolute Gasteiger partial charge is 0.302 e. The van der Waals surface area contributed by atoms with E-state index >= 15 is 0 Å². The van der Waals surface area contributed by atoms with E-state index in [-0.39, 0.29) is 12.5 Å². The maximum Gasteiger partial charge on any atom is 0.302 e. The third kappa shape index (κ3) is 1.20. The lowest BCUT2D eigenvalue weighted by atomic mass is 10.1. The van der Waals surface area contributed by atoms with E-state index in [1.165, 1.54) is 6.92 Å². The van der Waals surface area contributed by atoms with Gasteiger partial charge >= 0.3 is 5.97 Å². The van der Waals surface area contributed by atoms with Crippen molar-refractivity contribution in [3.8, 4) is 0 Å². The third-order valence-electron chi connectivity index (χ3n) is 2.75. The van der Waals surface area contributed by atoms with Gasteiger partial charge in [0, 0.05) is 12.8 Å². The van der Waals surface area contributed by atoms with Crippen molar-refractivity contribution in [2.75, 3.05) is 6.61 Å².